The van der Waals surface area contributed by atoms with Gasteiger partial charge >= 0.3 is 0 Å². The van der Waals surface area contributed by atoms with Gasteiger partial charge in [-0.1, -0.05) is 11.6 Å². The molecule has 6 heteroatoms. The fraction of sp³-hybridized carbons (Fsp3) is 0.538. The number of hydrogen-bond donors (Lipinski definition) is 0. The molecule has 0 unspecified atom stereocenters. The molecule has 0 aliphatic rings. The summed E-state index contributed by atoms with van der Waals surface area (Å²) >= 11 is 8.92. The van der Waals surface area contributed by atoms with Gasteiger partial charge < -0.3 is 14.2 Å². The minimum absolute atomic E-state index is 0.0562. The van der Waals surface area contributed by atoms with Crippen molar-refractivity contribution in [2.75, 3.05) is 19.8 Å². The molecule has 0 atom stereocenters. The van der Waals surface area contributed by atoms with Crippen molar-refractivity contribution >= 4 is 27.5 Å². The molecule has 1 rings (SSSR count). The fourth-order valence-corrected chi connectivity index (χ4v) is 2.22. The highest BCUT2D eigenvalue weighted by atomic mass is 79.9. The third kappa shape index (κ3) is 5.65. The van der Waals surface area contributed by atoms with Crippen molar-refractivity contribution in [3.63, 3.8) is 0 Å². The molecule has 0 saturated heterocycles. The molecule has 0 spiro atoms. The van der Waals surface area contributed by atoms with E-state index in [1.54, 1.807) is 0 Å². The number of rotatable bonds is 8. The Morgan fingerprint density at radius 1 is 1.26 bits per heavy atom. The summed E-state index contributed by atoms with van der Waals surface area (Å²) in [6.45, 7) is 5.31. The van der Waals surface area contributed by atoms with Crippen LogP contribution in [0.25, 0.3) is 0 Å². The lowest BCUT2D eigenvalue weighted by atomic mass is 10.3. The Balaban J connectivity index is 2.50. The second kappa shape index (κ2) is 8.74. The highest BCUT2D eigenvalue weighted by Crippen LogP contribution is 2.30. The quantitative estimate of drug-likeness (QED) is 0.511. The molecule has 1 aromatic rings. The molecule has 0 heterocycles. The van der Waals surface area contributed by atoms with Gasteiger partial charge in [0, 0.05) is 25.7 Å². The van der Waals surface area contributed by atoms with Crippen LogP contribution >= 0.6 is 27.5 Å². The van der Waals surface area contributed by atoms with Crippen molar-refractivity contribution in [2.45, 2.75) is 26.6 Å². The van der Waals surface area contributed by atoms with Crippen molar-refractivity contribution < 1.29 is 18.6 Å². The summed E-state index contributed by atoms with van der Waals surface area (Å²) < 4.78 is 30.2. The van der Waals surface area contributed by atoms with Gasteiger partial charge in [-0.25, -0.2) is 4.39 Å². The van der Waals surface area contributed by atoms with Crippen LogP contribution in [-0.2, 0) is 9.47 Å². The average molecular weight is 356 g/mol. The molecular weight excluding hydrogens is 338 g/mol. The van der Waals surface area contributed by atoms with Crippen molar-refractivity contribution in [2.24, 2.45) is 0 Å². The first-order valence-corrected chi connectivity index (χ1v) is 7.26. The van der Waals surface area contributed by atoms with E-state index in [-0.39, 0.29) is 11.3 Å². The van der Waals surface area contributed by atoms with E-state index in [1.165, 1.54) is 12.1 Å². The molecule has 1 aromatic carbocycles. The van der Waals surface area contributed by atoms with Crippen molar-refractivity contribution in [1.82, 2.24) is 0 Å². The molecule has 0 N–H and O–H groups in total. The number of halogens is 3. The van der Waals surface area contributed by atoms with E-state index >= 15 is 0 Å². The van der Waals surface area contributed by atoms with Crippen LogP contribution in [0, 0.1) is 5.82 Å². The van der Waals surface area contributed by atoms with Crippen LogP contribution in [-0.4, -0.2) is 26.1 Å². The maximum atomic E-state index is 13.3. The fourth-order valence-electron chi connectivity index (χ4n) is 1.47. The molecular formula is C13H17BrClFO3. The van der Waals surface area contributed by atoms with Gasteiger partial charge in [0.25, 0.3) is 0 Å². The standard InChI is InChI=1S/C13H17BrClFO3/c1-3-17-13(18-4-2)5-6-19-12-8-11(16)10(15)7-9(12)14/h7-8,13H,3-6H2,1-2H3. The van der Waals surface area contributed by atoms with Gasteiger partial charge in [-0.05, 0) is 35.8 Å². The van der Waals surface area contributed by atoms with Gasteiger partial charge in [0.1, 0.15) is 11.6 Å². The Kier molecular flexibility index (Phi) is 7.68. The lowest BCUT2D eigenvalue weighted by molar-refractivity contribution is -0.142. The first-order chi connectivity index (χ1) is 9.08. The predicted octanol–water partition coefficient (Wildman–Crippen LogP) is 4.41. The van der Waals surface area contributed by atoms with Gasteiger partial charge in [-0.3, -0.25) is 0 Å². The Hall–Kier alpha value is -0.360. The van der Waals surface area contributed by atoms with E-state index < -0.39 is 5.82 Å². The molecule has 0 bridgehead atoms. The summed E-state index contributed by atoms with van der Waals surface area (Å²) in [5, 5.41) is 0.0562. The number of benzene rings is 1. The Morgan fingerprint density at radius 3 is 2.47 bits per heavy atom. The molecule has 0 radical (unpaired) electrons. The highest BCUT2D eigenvalue weighted by Gasteiger charge is 2.11. The molecule has 0 saturated carbocycles. The Morgan fingerprint density at radius 2 is 1.89 bits per heavy atom. The van der Waals surface area contributed by atoms with Crippen LogP contribution in [0.1, 0.15) is 20.3 Å². The minimum atomic E-state index is -0.508. The van der Waals surface area contributed by atoms with E-state index in [9.17, 15) is 4.39 Å². The van der Waals surface area contributed by atoms with E-state index in [1.807, 2.05) is 13.8 Å². The summed E-state index contributed by atoms with van der Waals surface area (Å²) in [6.07, 6.45) is 0.268. The largest absolute Gasteiger partial charge is 0.492 e. The second-order valence-corrected chi connectivity index (χ2v) is 4.94. The SMILES string of the molecule is CCOC(CCOc1cc(F)c(Cl)cc1Br)OCC. The van der Waals surface area contributed by atoms with E-state index in [0.717, 1.165) is 0 Å². The average Bonchev–Trinajstić information content (AvgIpc) is 2.36. The van der Waals surface area contributed by atoms with Crippen LogP contribution in [0.4, 0.5) is 4.39 Å². The summed E-state index contributed by atoms with van der Waals surface area (Å²) in [7, 11) is 0. The normalized spacial score (nSPS) is 11.1. The van der Waals surface area contributed by atoms with Gasteiger partial charge in [-0.15, -0.1) is 0 Å². The Bertz CT molecular complexity index is 398. The third-order valence-corrected chi connectivity index (χ3v) is 3.20. The Labute approximate surface area is 126 Å². The lowest BCUT2D eigenvalue weighted by Crippen LogP contribution is -2.20. The maximum absolute atomic E-state index is 13.3. The zero-order valence-corrected chi connectivity index (χ0v) is 13.3. The predicted molar refractivity (Wildman–Crippen MR) is 76.3 cm³/mol. The minimum Gasteiger partial charge on any atom is -0.492 e. The molecule has 0 fully saturated rings. The third-order valence-electron chi connectivity index (χ3n) is 2.29. The summed E-state index contributed by atoms with van der Waals surface area (Å²) in [4.78, 5) is 0. The molecule has 0 aliphatic carbocycles. The molecule has 0 amide bonds. The molecule has 19 heavy (non-hydrogen) atoms. The summed E-state index contributed by atoms with van der Waals surface area (Å²) in [5.41, 5.74) is 0. The smallest absolute Gasteiger partial charge is 0.160 e. The molecule has 0 aliphatic heterocycles. The topological polar surface area (TPSA) is 27.7 Å². The molecule has 108 valence electrons. The highest BCUT2D eigenvalue weighted by molar-refractivity contribution is 9.10. The first kappa shape index (κ1) is 16.7. The van der Waals surface area contributed by atoms with Crippen LogP contribution in [0.2, 0.25) is 5.02 Å². The maximum Gasteiger partial charge on any atom is 0.160 e. The number of ether oxygens (including phenoxy) is 3. The van der Waals surface area contributed by atoms with Crippen molar-refractivity contribution in [3.05, 3.63) is 27.4 Å². The monoisotopic (exact) mass is 354 g/mol. The van der Waals surface area contributed by atoms with Gasteiger partial charge in [0.15, 0.2) is 6.29 Å². The summed E-state index contributed by atoms with van der Waals surface area (Å²) in [6, 6.07) is 2.72. The van der Waals surface area contributed by atoms with E-state index in [4.69, 9.17) is 25.8 Å². The van der Waals surface area contributed by atoms with Gasteiger partial charge in [-0.2, -0.15) is 0 Å². The van der Waals surface area contributed by atoms with Crippen LogP contribution in [0.15, 0.2) is 16.6 Å². The molecule has 0 aromatic heterocycles. The van der Waals surface area contributed by atoms with Crippen molar-refractivity contribution in [3.8, 4) is 5.75 Å². The number of hydrogen-bond acceptors (Lipinski definition) is 3. The van der Waals surface area contributed by atoms with Crippen LogP contribution < -0.4 is 4.74 Å². The van der Waals surface area contributed by atoms with E-state index in [0.29, 0.717) is 36.5 Å². The van der Waals surface area contributed by atoms with Crippen LogP contribution in [0.3, 0.4) is 0 Å². The van der Waals surface area contributed by atoms with Crippen molar-refractivity contribution in [1.29, 1.82) is 0 Å². The van der Waals surface area contributed by atoms with Gasteiger partial charge in [0.2, 0.25) is 0 Å². The summed E-state index contributed by atoms with van der Waals surface area (Å²) in [5.74, 6) is -0.0975. The first-order valence-electron chi connectivity index (χ1n) is 6.09. The van der Waals surface area contributed by atoms with Gasteiger partial charge in [0.05, 0.1) is 16.1 Å². The second-order valence-electron chi connectivity index (χ2n) is 3.67. The zero-order valence-electron chi connectivity index (χ0n) is 10.9. The van der Waals surface area contributed by atoms with E-state index in [2.05, 4.69) is 15.9 Å². The zero-order chi connectivity index (χ0) is 14.3. The van der Waals surface area contributed by atoms with Crippen LogP contribution in [0.5, 0.6) is 5.75 Å². The lowest BCUT2D eigenvalue weighted by Gasteiger charge is -2.17. The molecule has 3 nitrogen and oxygen atoms in total.